The van der Waals surface area contributed by atoms with Gasteiger partial charge >= 0.3 is 6.03 Å². The van der Waals surface area contributed by atoms with Gasteiger partial charge in [-0.25, -0.2) is 9.78 Å². The molecule has 0 saturated heterocycles. The van der Waals surface area contributed by atoms with Gasteiger partial charge in [0.1, 0.15) is 0 Å². The summed E-state index contributed by atoms with van der Waals surface area (Å²) in [5, 5.41) is 10.8. The van der Waals surface area contributed by atoms with Crippen molar-refractivity contribution in [2.45, 2.75) is 13.0 Å². The van der Waals surface area contributed by atoms with Gasteiger partial charge in [0.2, 0.25) is 5.91 Å². The molecule has 1 aromatic carbocycles. The van der Waals surface area contributed by atoms with E-state index in [1.54, 1.807) is 42.0 Å². The Balaban J connectivity index is 1.47. The summed E-state index contributed by atoms with van der Waals surface area (Å²) in [6.45, 7) is 0.429. The molecule has 0 aliphatic carbocycles. The summed E-state index contributed by atoms with van der Waals surface area (Å²) in [6, 6.07) is 10.1. The molecule has 0 bridgehead atoms. The predicted octanol–water partition coefficient (Wildman–Crippen LogP) is 3.69. The lowest BCUT2D eigenvalue weighted by molar-refractivity contribution is -0.120. The average Bonchev–Trinajstić information content (AvgIpc) is 3.07. The summed E-state index contributed by atoms with van der Waals surface area (Å²) in [6.07, 6.45) is 3.49. The number of rotatable bonds is 6. The fourth-order valence-corrected chi connectivity index (χ4v) is 3.10. The molecule has 2 aromatic heterocycles. The average molecular weight is 402 g/mol. The first kappa shape index (κ1) is 18.8. The summed E-state index contributed by atoms with van der Waals surface area (Å²) < 4.78 is 0. The normalized spacial score (nSPS) is 10.3. The minimum absolute atomic E-state index is 0.138. The molecule has 3 aromatic rings. The monoisotopic (exact) mass is 401 g/mol. The van der Waals surface area contributed by atoms with Gasteiger partial charge in [-0.3, -0.25) is 15.1 Å². The Bertz CT molecular complexity index is 932. The van der Waals surface area contributed by atoms with Gasteiger partial charge in [0.25, 0.3) is 0 Å². The van der Waals surface area contributed by atoms with E-state index in [2.05, 4.69) is 25.9 Å². The highest BCUT2D eigenvalue weighted by molar-refractivity contribution is 7.14. The first-order valence-electron chi connectivity index (χ1n) is 8.02. The first-order chi connectivity index (χ1) is 13.1. The highest BCUT2D eigenvalue weighted by Crippen LogP contribution is 2.18. The standard InChI is InChI=1S/C18H16ClN5O2S/c19-13-2-1-3-14(8-13)22-17(26)24-18-23-15(11-27-18)9-16(25)21-10-12-4-6-20-7-5-12/h1-8,11H,9-10H2,(H,21,25)(H2,22,23,24,26). The Kier molecular flexibility index (Phi) is 6.35. The van der Waals surface area contributed by atoms with Crippen LogP contribution in [0.2, 0.25) is 5.02 Å². The number of carbonyl (C=O) groups is 2. The van der Waals surface area contributed by atoms with Crippen molar-refractivity contribution in [3.05, 3.63) is 70.5 Å². The van der Waals surface area contributed by atoms with Crippen molar-refractivity contribution < 1.29 is 9.59 Å². The second kappa shape index (κ2) is 9.11. The molecule has 0 atom stereocenters. The van der Waals surface area contributed by atoms with Gasteiger partial charge in [-0.15, -0.1) is 11.3 Å². The van der Waals surface area contributed by atoms with E-state index in [0.29, 0.717) is 28.1 Å². The SMILES string of the molecule is O=C(Cc1csc(NC(=O)Nc2cccc(Cl)c2)n1)NCc1ccncc1. The second-order valence-electron chi connectivity index (χ2n) is 5.54. The van der Waals surface area contributed by atoms with Crippen molar-refractivity contribution in [1.29, 1.82) is 0 Å². The zero-order valence-corrected chi connectivity index (χ0v) is 15.7. The maximum Gasteiger partial charge on any atom is 0.325 e. The Morgan fingerprint density at radius 3 is 2.70 bits per heavy atom. The molecule has 7 nitrogen and oxygen atoms in total. The van der Waals surface area contributed by atoms with E-state index in [1.807, 2.05) is 12.1 Å². The van der Waals surface area contributed by atoms with Gasteiger partial charge in [-0.1, -0.05) is 17.7 Å². The van der Waals surface area contributed by atoms with E-state index in [1.165, 1.54) is 11.3 Å². The van der Waals surface area contributed by atoms with E-state index >= 15 is 0 Å². The molecule has 2 heterocycles. The van der Waals surface area contributed by atoms with Crippen LogP contribution in [0.15, 0.2) is 54.2 Å². The summed E-state index contributed by atoms with van der Waals surface area (Å²) in [5.74, 6) is -0.146. The van der Waals surface area contributed by atoms with E-state index in [9.17, 15) is 9.59 Å². The largest absolute Gasteiger partial charge is 0.352 e. The number of nitrogens with zero attached hydrogens (tertiary/aromatic N) is 2. The molecule has 3 amide bonds. The van der Waals surface area contributed by atoms with Crippen LogP contribution in [-0.2, 0) is 17.8 Å². The van der Waals surface area contributed by atoms with Crippen molar-refractivity contribution in [3.8, 4) is 0 Å². The molecule has 0 radical (unpaired) electrons. The molecule has 0 saturated carbocycles. The molecule has 0 fully saturated rings. The van der Waals surface area contributed by atoms with Crippen LogP contribution in [0.3, 0.4) is 0 Å². The van der Waals surface area contributed by atoms with Gasteiger partial charge in [-0.05, 0) is 35.9 Å². The lowest BCUT2D eigenvalue weighted by Gasteiger charge is -2.05. The molecule has 27 heavy (non-hydrogen) atoms. The molecule has 3 rings (SSSR count). The molecule has 138 valence electrons. The molecule has 0 unspecified atom stereocenters. The third-order valence-electron chi connectivity index (χ3n) is 3.44. The summed E-state index contributed by atoms with van der Waals surface area (Å²) in [4.78, 5) is 32.2. The number of thiazole rings is 1. The molecular formula is C18H16ClN5O2S. The fraction of sp³-hybridized carbons (Fsp3) is 0.111. The van der Waals surface area contributed by atoms with Crippen LogP contribution < -0.4 is 16.0 Å². The van der Waals surface area contributed by atoms with Crippen molar-refractivity contribution >= 4 is 45.7 Å². The molecule has 0 aliphatic rings. The van der Waals surface area contributed by atoms with Crippen LogP contribution >= 0.6 is 22.9 Å². The summed E-state index contributed by atoms with van der Waals surface area (Å²) >= 11 is 7.13. The number of halogens is 1. The van der Waals surface area contributed by atoms with Crippen LogP contribution in [0.5, 0.6) is 0 Å². The minimum atomic E-state index is -0.430. The van der Waals surface area contributed by atoms with Crippen LogP contribution in [0.4, 0.5) is 15.6 Å². The van der Waals surface area contributed by atoms with Gasteiger partial charge in [0.15, 0.2) is 5.13 Å². The van der Waals surface area contributed by atoms with Crippen molar-refractivity contribution in [2.24, 2.45) is 0 Å². The predicted molar refractivity (Wildman–Crippen MR) is 106 cm³/mol. The minimum Gasteiger partial charge on any atom is -0.352 e. The Morgan fingerprint density at radius 1 is 1.11 bits per heavy atom. The number of nitrogens with one attached hydrogen (secondary N) is 3. The molecular weight excluding hydrogens is 386 g/mol. The van der Waals surface area contributed by atoms with Crippen LogP contribution in [-0.4, -0.2) is 21.9 Å². The summed E-state index contributed by atoms with van der Waals surface area (Å²) in [5.41, 5.74) is 2.13. The third kappa shape index (κ3) is 6.05. The number of aromatic nitrogens is 2. The van der Waals surface area contributed by atoms with E-state index in [-0.39, 0.29) is 12.3 Å². The molecule has 0 spiro atoms. The number of anilines is 2. The van der Waals surface area contributed by atoms with Gasteiger partial charge < -0.3 is 10.6 Å². The number of amides is 3. The van der Waals surface area contributed by atoms with Crippen molar-refractivity contribution in [3.63, 3.8) is 0 Å². The highest BCUT2D eigenvalue weighted by atomic mass is 35.5. The van der Waals surface area contributed by atoms with Crippen LogP contribution in [0.25, 0.3) is 0 Å². The van der Waals surface area contributed by atoms with Crippen molar-refractivity contribution in [1.82, 2.24) is 15.3 Å². The number of hydrogen-bond donors (Lipinski definition) is 3. The van der Waals surface area contributed by atoms with E-state index in [4.69, 9.17) is 11.6 Å². The topological polar surface area (TPSA) is 96.0 Å². The second-order valence-corrected chi connectivity index (χ2v) is 6.84. The van der Waals surface area contributed by atoms with Gasteiger partial charge in [-0.2, -0.15) is 0 Å². The number of urea groups is 1. The number of carbonyl (C=O) groups excluding carboxylic acids is 2. The third-order valence-corrected chi connectivity index (χ3v) is 4.48. The zero-order chi connectivity index (χ0) is 19.1. The number of benzene rings is 1. The maximum atomic E-state index is 12.0. The molecule has 0 aliphatic heterocycles. The fourth-order valence-electron chi connectivity index (χ4n) is 2.20. The van der Waals surface area contributed by atoms with E-state index < -0.39 is 6.03 Å². The Morgan fingerprint density at radius 2 is 1.93 bits per heavy atom. The number of pyridine rings is 1. The zero-order valence-electron chi connectivity index (χ0n) is 14.1. The lowest BCUT2D eigenvalue weighted by atomic mass is 10.2. The Hall–Kier alpha value is -2.97. The smallest absolute Gasteiger partial charge is 0.325 e. The quantitative estimate of drug-likeness (QED) is 0.586. The van der Waals surface area contributed by atoms with E-state index in [0.717, 1.165) is 5.56 Å². The first-order valence-corrected chi connectivity index (χ1v) is 9.28. The van der Waals surface area contributed by atoms with Gasteiger partial charge in [0, 0.05) is 35.0 Å². The molecule has 9 heteroatoms. The number of hydrogen-bond acceptors (Lipinski definition) is 5. The summed E-state index contributed by atoms with van der Waals surface area (Å²) in [7, 11) is 0. The van der Waals surface area contributed by atoms with Crippen LogP contribution in [0, 0.1) is 0 Å². The maximum absolute atomic E-state index is 12.0. The van der Waals surface area contributed by atoms with Crippen molar-refractivity contribution in [2.75, 3.05) is 10.6 Å². The Labute approximate surface area is 164 Å². The van der Waals surface area contributed by atoms with Crippen LogP contribution in [0.1, 0.15) is 11.3 Å². The lowest BCUT2D eigenvalue weighted by Crippen LogP contribution is -2.24. The highest BCUT2D eigenvalue weighted by Gasteiger charge is 2.10. The van der Waals surface area contributed by atoms with Gasteiger partial charge in [0.05, 0.1) is 12.1 Å². The molecule has 3 N–H and O–H groups in total.